The van der Waals surface area contributed by atoms with Crippen LogP contribution in [0.5, 0.6) is 5.75 Å². The van der Waals surface area contributed by atoms with Crippen LogP contribution in [0, 0.1) is 6.92 Å². The molecule has 3 nitrogen and oxygen atoms in total. The number of hydrogen-bond acceptors (Lipinski definition) is 4. The van der Waals surface area contributed by atoms with Crippen molar-refractivity contribution in [2.75, 3.05) is 18.6 Å². The Morgan fingerprint density at radius 1 is 1.44 bits per heavy atom. The summed E-state index contributed by atoms with van der Waals surface area (Å²) in [5.41, 5.74) is 2.04. The summed E-state index contributed by atoms with van der Waals surface area (Å²) >= 11 is 1.99. The highest BCUT2D eigenvalue weighted by Gasteiger charge is 2.04. The maximum Gasteiger partial charge on any atom is 0.122 e. The molecule has 0 saturated heterocycles. The quantitative estimate of drug-likeness (QED) is 0.735. The molecule has 0 saturated carbocycles. The number of pyridine rings is 1. The van der Waals surface area contributed by atoms with Crippen LogP contribution in [0.4, 0.5) is 0 Å². The molecule has 0 bridgehead atoms. The van der Waals surface area contributed by atoms with Crippen molar-refractivity contribution in [1.82, 2.24) is 10.3 Å². The van der Waals surface area contributed by atoms with E-state index in [1.807, 2.05) is 30.8 Å². The van der Waals surface area contributed by atoms with Crippen molar-refractivity contribution in [3.63, 3.8) is 0 Å². The summed E-state index contributed by atoms with van der Waals surface area (Å²) in [4.78, 5) is 4.50. The number of thioether (sulfide) groups is 1. The minimum atomic E-state index is 0.525. The monoisotopic (exact) mass is 268 g/mol. The SMILES string of the molecule is CCSCCC(C)NCc1cc(OC)cc(C)n1. The molecule has 0 aliphatic heterocycles. The fraction of sp³-hybridized carbons (Fsp3) is 0.643. The zero-order valence-corrected chi connectivity index (χ0v) is 12.6. The van der Waals surface area contributed by atoms with Gasteiger partial charge in [-0.2, -0.15) is 11.8 Å². The molecule has 18 heavy (non-hydrogen) atoms. The molecule has 4 heteroatoms. The van der Waals surface area contributed by atoms with E-state index >= 15 is 0 Å². The third kappa shape index (κ3) is 5.74. The molecule has 1 atom stereocenters. The van der Waals surface area contributed by atoms with E-state index in [9.17, 15) is 0 Å². The maximum absolute atomic E-state index is 5.25. The Balaban J connectivity index is 2.40. The number of aromatic nitrogens is 1. The number of methoxy groups -OCH3 is 1. The summed E-state index contributed by atoms with van der Waals surface area (Å²) < 4.78 is 5.25. The zero-order chi connectivity index (χ0) is 13.4. The van der Waals surface area contributed by atoms with Gasteiger partial charge in [-0.05, 0) is 31.8 Å². The van der Waals surface area contributed by atoms with Crippen molar-refractivity contribution < 1.29 is 4.74 Å². The Morgan fingerprint density at radius 2 is 2.22 bits per heavy atom. The summed E-state index contributed by atoms with van der Waals surface area (Å²) in [6.07, 6.45) is 1.20. The number of ether oxygens (including phenoxy) is 1. The van der Waals surface area contributed by atoms with Crippen LogP contribution in [0.2, 0.25) is 0 Å². The van der Waals surface area contributed by atoms with Crippen molar-refractivity contribution in [2.24, 2.45) is 0 Å². The van der Waals surface area contributed by atoms with E-state index in [-0.39, 0.29) is 0 Å². The normalized spacial score (nSPS) is 12.4. The first-order valence-corrected chi connectivity index (χ1v) is 7.63. The highest BCUT2D eigenvalue weighted by molar-refractivity contribution is 7.99. The molecule has 0 aromatic carbocycles. The molecule has 1 aromatic heterocycles. The number of aryl methyl sites for hydroxylation is 1. The lowest BCUT2D eigenvalue weighted by Crippen LogP contribution is -2.26. The molecule has 1 unspecified atom stereocenters. The molecule has 1 rings (SSSR count). The smallest absolute Gasteiger partial charge is 0.122 e. The Bertz CT molecular complexity index is 358. The first-order valence-electron chi connectivity index (χ1n) is 6.48. The second kappa shape index (κ2) is 8.38. The van der Waals surface area contributed by atoms with Gasteiger partial charge in [-0.25, -0.2) is 0 Å². The van der Waals surface area contributed by atoms with Crippen LogP contribution >= 0.6 is 11.8 Å². The number of rotatable bonds is 8. The van der Waals surface area contributed by atoms with Gasteiger partial charge in [0.15, 0.2) is 0 Å². The van der Waals surface area contributed by atoms with E-state index in [4.69, 9.17) is 4.74 Å². The van der Waals surface area contributed by atoms with Gasteiger partial charge in [0.2, 0.25) is 0 Å². The molecule has 1 heterocycles. The average molecular weight is 268 g/mol. The second-order valence-corrected chi connectivity index (χ2v) is 5.80. The minimum absolute atomic E-state index is 0.525. The van der Waals surface area contributed by atoms with Crippen molar-refractivity contribution in [1.29, 1.82) is 0 Å². The standard InChI is InChI=1S/C14H24N2OS/c1-5-18-7-6-11(2)15-10-13-9-14(17-4)8-12(3)16-13/h8-9,11,15H,5-7,10H2,1-4H3. The average Bonchev–Trinajstić information content (AvgIpc) is 2.36. The van der Waals surface area contributed by atoms with E-state index in [0.717, 1.165) is 23.7 Å². The van der Waals surface area contributed by atoms with Crippen LogP contribution in [0.3, 0.4) is 0 Å². The molecule has 1 N–H and O–H groups in total. The largest absolute Gasteiger partial charge is 0.497 e. The number of nitrogens with zero attached hydrogens (tertiary/aromatic N) is 1. The van der Waals surface area contributed by atoms with Crippen LogP contribution in [0.1, 0.15) is 31.7 Å². The second-order valence-electron chi connectivity index (χ2n) is 4.41. The molecule has 0 amide bonds. The van der Waals surface area contributed by atoms with E-state index in [1.165, 1.54) is 17.9 Å². The van der Waals surface area contributed by atoms with Crippen LogP contribution in [-0.4, -0.2) is 29.6 Å². The Kier molecular flexibility index (Phi) is 7.13. The van der Waals surface area contributed by atoms with Gasteiger partial charge < -0.3 is 10.1 Å². The van der Waals surface area contributed by atoms with Crippen LogP contribution in [0.15, 0.2) is 12.1 Å². The van der Waals surface area contributed by atoms with Gasteiger partial charge in [-0.1, -0.05) is 6.92 Å². The van der Waals surface area contributed by atoms with Gasteiger partial charge in [-0.3, -0.25) is 4.98 Å². The van der Waals surface area contributed by atoms with Crippen molar-refractivity contribution in [3.8, 4) is 5.75 Å². The molecular weight excluding hydrogens is 244 g/mol. The summed E-state index contributed by atoms with van der Waals surface area (Å²) in [5.74, 6) is 3.30. The van der Waals surface area contributed by atoms with E-state index in [0.29, 0.717) is 6.04 Å². The molecule has 1 aromatic rings. The van der Waals surface area contributed by atoms with Gasteiger partial charge in [0.25, 0.3) is 0 Å². The van der Waals surface area contributed by atoms with Crippen LogP contribution < -0.4 is 10.1 Å². The molecule has 0 spiro atoms. The molecular formula is C14H24N2OS. The zero-order valence-electron chi connectivity index (χ0n) is 11.8. The van der Waals surface area contributed by atoms with Crippen molar-refractivity contribution in [3.05, 3.63) is 23.5 Å². The van der Waals surface area contributed by atoms with Crippen LogP contribution in [0.25, 0.3) is 0 Å². The lowest BCUT2D eigenvalue weighted by Gasteiger charge is -2.13. The van der Waals surface area contributed by atoms with Gasteiger partial charge in [0.1, 0.15) is 5.75 Å². The van der Waals surface area contributed by atoms with Gasteiger partial charge in [0.05, 0.1) is 12.8 Å². The first kappa shape index (κ1) is 15.3. The van der Waals surface area contributed by atoms with E-state index in [1.54, 1.807) is 7.11 Å². The Labute approximate surface area is 115 Å². The van der Waals surface area contributed by atoms with Gasteiger partial charge in [0, 0.05) is 30.4 Å². The fourth-order valence-corrected chi connectivity index (χ4v) is 2.51. The molecule has 102 valence electrons. The minimum Gasteiger partial charge on any atom is -0.497 e. The first-order chi connectivity index (χ1) is 8.65. The Hall–Kier alpha value is -0.740. The summed E-state index contributed by atoms with van der Waals surface area (Å²) in [5, 5.41) is 3.50. The Morgan fingerprint density at radius 3 is 2.89 bits per heavy atom. The van der Waals surface area contributed by atoms with Gasteiger partial charge >= 0.3 is 0 Å². The molecule has 0 radical (unpaired) electrons. The van der Waals surface area contributed by atoms with Gasteiger partial charge in [-0.15, -0.1) is 0 Å². The summed E-state index contributed by atoms with van der Waals surface area (Å²) in [6.45, 7) is 7.22. The van der Waals surface area contributed by atoms with Crippen molar-refractivity contribution >= 4 is 11.8 Å². The highest BCUT2D eigenvalue weighted by Crippen LogP contribution is 2.13. The van der Waals surface area contributed by atoms with E-state index < -0.39 is 0 Å². The number of hydrogen-bond donors (Lipinski definition) is 1. The third-order valence-corrected chi connectivity index (χ3v) is 3.68. The molecule has 0 aliphatic carbocycles. The highest BCUT2D eigenvalue weighted by atomic mass is 32.2. The predicted octanol–water partition coefficient (Wildman–Crippen LogP) is 3.02. The maximum atomic E-state index is 5.25. The molecule has 0 aliphatic rings. The fourth-order valence-electron chi connectivity index (χ4n) is 1.70. The lowest BCUT2D eigenvalue weighted by atomic mass is 10.2. The lowest BCUT2D eigenvalue weighted by molar-refractivity contribution is 0.412. The van der Waals surface area contributed by atoms with E-state index in [2.05, 4.69) is 24.1 Å². The van der Waals surface area contributed by atoms with Crippen LogP contribution in [-0.2, 0) is 6.54 Å². The van der Waals surface area contributed by atoms with Crippen molar-refractivity contribution in [2.45, 2.75) is 39.8 Å². The topological polar surface area (TPSA) is 34.1 Å². The third-order valence-electron chi connectivity index (χ3n) is 2.75. The number of nitrogens with one attached hydrogen (secondary N) is 1. The summed E-state index contributed by atoms with van der Waals surface area (Å²) in [6, 6.07) is 4.47. The predicted molar refractivity (Wildman–Crippen MR) is 79.4 cm³/mol. The molecule has 0 fully saturated rings. The summed E-state index contributed by atoms with van der Waals surface area (Å²) in [7, 11) is 1.69.